The average Bonchev–Trinajstić information content (AvgIpc) is 2.18. The number of ether oxygens (including phenoxy) is 1. The van der Waals surface area contributed by atoms with E-state index >= 15 is 0 Å². The Morgan fingerprint density at radius 1 is 1.56 bits per heavy atom. The van der Waals surface area contributed by atoms with Gasteiger partial charge in [0.1, 0.15) is 6.10 Å². The molecule has 1 N–H and O–H groups in total. The highest BCUT2D eigenvalue weighted by molar-refractivity contribution is 5.37. The molecule has 0 radical (unpaired) electrons. The Balaban J connectivity index is 2.30. The molecule has 0 heterocycles. The van der Waals surface area contributed by atoms with Gasteiger partial charge in [-0.05, 0) is 19.3 Å². The Kier molecular flexibility index (Phi) is 2.05. The van der Waals surface area contributed by atoms with Gasteiger partial charge in [0.2, 0.25) is 0 Å². The molecule has 0 spiro atoms. The van der Waals surface area contributed by atoms with Crippen molar-refractivity contribution in [2.24, 2.45) is 0 Å². The van der Waals surface area contributed by atoms with Gasteiger partial charge in [-0.25, -0.2) is 0 Å². The summed E-state index contributed by atoms with van der Waals surface area (Å²) < 4.78 is 4.58. The molecule has 52 valence electrons. The lowest BCUT2D eigenvalue weighted by molar-refractivity contribution is -0.137. The normalized spacial score (nSPS) is 34.3. The molecule has 0 amide bonds. The Morgan fingerprint density at radius 2 is 2.33 bits per heavy atom. The Labute approximate surface area is 53.6 Å². The molecule has 0 aromatic rings. The average molecular weight is 130 g/mol. The van der Waals surface area contributed by atoms with Crippen LogP contribution in [0.25, 0.3) is 0 Å². The first-order chi connectivity index (χ1) is 4.34. The third kappa shape index (κ3) is 1.42. The number of rotatable bonds is 2. The SMILES string of the molecule is O=COC1CCCC1O. The summed E-state index contributed by atoms with van der Waals surface area (Å²) in [6.45, 7) is 0.402. The maximum atomic E-state index is 9.77. The van der Waals surface area contributed by atoms with Gasteiger partial charge in [-0.2, -0.15) is 0 Å². The van der Waals surface area contributed by atoms with Crippen molar-refractivity contribution in [1.82, 2.24) is 0 Å². The van der Waals surface area contributed by atoms with E-state index in [1.54, 1.807) is 0 Å². The van der Waals surface area contributed by atoms with Crippen LogP contribution < -0.4 is 0 Å². The lowest BCUT2D eigenvalue weighted by Gasteiger charge is -2.10. The predicted octanol–water partition coefficient (Wildman–Crippen LogP) is 0.0728. The molecule has 3 nitrogen and oxygen atoms in total. The smallest absolute Gasteiger partial charge is 0.293 e. The zero-order valence-electron chi connectivity index (χ0n) is 5.12. The maximum absolute atomic E-state index is 9.77. The number of aliphatic hydroxyl groups excluding tert-OH is 1. The van der Waals surface area contributed by atoms with Crippen LogP contribution in [0.3, 0.4) is 0 Å². The number of hydrogen-bond donors (Lipinski definition) is 1. The van der Waals surface area contributed by atoms with E-state index in [9.17, 15) is 4.79 Å². The molecular weight excluding hydrogens is 120 g/mol. The Hall–Kier alpha value is -0.570. The van der Waals surface area contributed by atoms with Crippen LogP contribution in [0, 0.1) is 0 Å². The molecule has 0 bridgehead atoms. The highest BCUT2D eigenvalue weighted by Gasteiger charge is 2.25. The zero-order valence-corrected chi connectivity index (χ0v) is 5.12. The summed E-state index contributed by atoms with van der Waals surface area (Å²) in [6.07, 6.45) is 1.87. The monoisotopic (exact) mass is 130 g/mol. The molecule has 2 atom stereocenters. The molecule has 0 aliphatic heterocycles. The van der Waals surface area contributed by atoms with Gasteiger partial charge in [-0.3, -0.25) is 4.79 Å². The number of carbonyl (C=O) groups excluding carboxylic acids is 1. The molecule has 1 aliphatic rings. The molecule has 2 unspecified atom stereocenters. The fraction of sp³-hybridized carbons (Fsp3) is 0.833. The van der Waals surface area contributed by atoms with E-state index in [2.05, 4.69) is 4.74 Å². The van der Waals surface area contributed by atoms with Crippen LogP contribution >= 0.6 is 0 Å². The minimum absolute atomic E-state index is 0.234. The van der Waals surface area contributed by atoms with Crippen molar-refractivity contribution >= 4 is 6.47 Å². The van der Waals surface area contributed by atoms with E-state index in [0.717, 1.165) is 19.3 Å². The quantitative estimate of drug-likeness (QED) is 0.538. The molecule has 0 aromatic heterocycles. The summed E-state index contributed by atoms with van der Waals surface area (Å²) in [5.41, 5.74) is 0. The van der Waals surface area contributed by atoms with Crippen LogP contribution in [0.2, 0.25) is 0 Å². The summed E-state index contributed by atoms with van der Waals surface area (Å²) in [6, 6.07) is 0. The molecule has 0 aromatic carbocycles. The summed E-state index contributed by atoms with van der Waals surface area (Å²) in [4.78, 5) is 9.77. The van der Waals surface area contributed by atoms with Crippen molar-refractivity contribution in [3.8, 4) is 0 Å². The van der Waals surface area contributed by atoms with Gasteiger partial charge in [0.25, 0.3) is 6.47 Å². The largest absolute Gasteiger partial charge is 0.462 e. The first kappa shape index (κ1) is 6.55. The highest BCUT2D eigenvalue weighted by atomic mass is 16.5. The fourth-order valence-electron chi connectivity index (χ4n) is 1.14. The predicted molar refractivity (Wildman–Crippen MR) is 30.8 cm³/mol. The molecule has 3 heteroatoms. The van der Waals surface area contributed by atoms with E-state index < -0.39 is 6.10 Å². The minimum Gasteiger partial charge on any atom is -0.462 e. The van der Waals surface area contributed by atoms with Crippen molar-refractivity contribution in [1.29, 1.82) is 0 Å². The van der Waals surface area contributed by atoms with E-state index in [0.29, 0.717) is 6.47 Å². The van der Waals surface area contributed by atoms with Crippen LogP contribution in [0.15, 0.2) is 0 Å². The third-order valence-corrected chi connectivity index (χ3v) is 1.65. The van der Waals surface area contributed by atoms with Gasteiger partial charge in [0.05, 0.1) is 6.10 Å². The third-order valence-electron chi connectivity index (χ3n) is 1.65. The van der Waals surface area contributed by atoms with Crippen molar-refractivity contribution in [3.05, 3.63) is 0 Å². The maximum Gasteiger partial charge on any atom is 0.293 e. The van der Waals surface area contributed by atoms with Gasteiger partial charge >= 0.3 is 0 Å². The number of carbonyl (C=O) groups is 1. The Bertz CT molecular complexity index is 102. The summed E-state index contributed by atoms with van der Waals surface area (Å²) in [5.74, 6) is 0. The molecule has 1 aliphatic carbocycles. The van der Waals surface area contributed by atoms with E-state index in [-0.39, 0.29) is 6.10 Å². The van der Waals surface area contributed by atoms with Crippen molar-refractivity contribution in [2.45, 2.75) is 31.5 Å². The summed E-state index contributed by atoms with van der Waals surface area (Å²) in [7, 11) is 0. The number of hydrogen-bond acceptors (Lipinski definition) is 3. The first-order valence-corrected chi connectivity index (χ1v) is 3.12. The molecular formula is C6H10O3. The lowest BCUT2D eigenvalue weighted by Crippen LogP contribution is -2.21. The molecule has 9 heavy (non-hydrogen) atoms. The highest BCUT2D eigenvalue weighted by Crippen LogP contribution is 2.20. The van der Waals surface area contributed by atoms with Gasteiger partial charge < -0.3 is 9.84 Å². The second kappa shape index (κ2) is 2.82. The van der Waals surface area contributed by atoms with Crippen molar-refractivity contribution < 1.29 is 14.6 Å². The van der Waals surface area contributed by atoms with Crippen LogP contribution in [-0.2, 0) is 9.53 Å². The van der Waals surface area contributed by atoms with E-state index in [4.69, 9.17) is 5.11 Å². The van der Waals surface area contributed by atoms with Crippen LogP contribution in [0.4, 0.5) is 0 Å². The molecule has 1 rings (SSSR count). The minimum atomic E-state index is -0.421. The Morgan fingerprint density at radius 3 is 2.78 bits per heavy atom. The van der Waals surface area contributed by atoms with Crippen LogP contribution in [0.5, 0.6) is 0 Å². The second-order valence-corrected chi connectivity index (χ2v) is 2.27. The fourth-order valence-corrected chi connectivity index (χ4v) is 1.14. The van der Waals surface area contributed by atoms with E-state index in [1.807, 2.05) is 0 Å². The van der Waals surface area contributed by atoms with Crippen LogP contribution in [0.1, 0.15) is 19.3 Å². The van der Waals surface area contributed by atoms with Gasteiger partial charge in [0, 0.05) is 0 Å². The van der Waals surface area contributed by atoms with Crippen molar-refractivity contribution in [2.75, 3.05) is 0 Å². The lowest BCUT2D eigenvalue weighted by atomic mass is 10.3. The van der Waals surface area contributed by atoms with Gasteiger partial charge in [-0.1, -0.05) is 0 Å². The summed E-state index contributed by atoms with van der Waals surface area (Å²) >= 11 is 0. The number of aliphatic hydroxyl groups is 1. The molecule has 0 saturated heterocycles. The molecule has 1 saturated carbocycles. The summed E-state index contributed by atoms with van der Waals surface area (Å²) in [5, 5.41) is 9.04. The molecule has 1 fully saturated rings. The van der Waals surface area contributed by atoms with E-state index in [1.165, 1.54) is 0 Å². The van der Waals surface area contributed by atoms with Crippen molar-refractivity contribution in [3.63, 3.8) is 0 Å². The standard InChI is InChI=1S/C6H10O3/c7-4-9-6-3-1-2-5(6)8/h4-6,8H,1-3H2. The second-order valence-electron chi connectivity index (χ2n) is 2.27. The topological polar surface area (TPSA) is 46.5 Å². The van der Waals surface area contributed by atoms with Gasteiger partial charge in [-0.15, -0.1) is 0 Å². The van der Waals surface area contributed by atoms with Crippen LogP contribution in [-0.4, -0.2) is 23.8 Å². The first-order valence-electron chi connectivity index (χ1n) is 3.12. The zero-order chi connectivity index (χ0) is 6.69. The van der Waals surface area contributed by atoms with Gasteiger partial charge in [0.15, 0.2) is 0 Å².